The predicted octanol–water partition coefficient (Wildman–Crippen LogP) is -7.52. The number of ether oxygens (including phenoxy) is 4. The Hall–Kier alpha value is -1.13. The first-order valence-corrected chi connectivity index (χ1v) is 12.8. The van der Waals surface area contributed by atoms with Crippen LogP contribution in [0.2, 0.25) is 0 Å². The lowest BCUT2D eigenvalue weighted by atomic mass is 9.83. The van der Waals surface area contributed by atoms with Gasteiger partial charge in [-0.3, -0.25) is 4.79 Å². The van der Waals surface area contributed by atoms with Gasteiger partial charge in [0.05, 0.1) is 18.7 Å². The SMILES string of the molecule is CN[C@@H]1[C@@H](O)[C@@H](O[C@H]2[C@H](NC(=O)[C@@H](O)CN)C[C@H](N)C(O[C@H]3O[C@H](CN)[C@@H](O)[C@H](O)[C@H]3O)[C@@H]2O)OC[C@]1(C)O. The summed E-state index contributed by atoms with van der Waals surface area (Å²) in [4.78, 5) is 12.4. The van der Waals surface area contributed by atoms with E-state index in [0.29, 0.717) is 0 Å². The lowest BCUT2D eigenvalue weighted by Gasteiger charge is -2.49. The van der Waals surface area contributed by atoms with Gasteiger partial charge in [0.1, 0.15) is 60.5 Å². The van der Waals surface area contributed by atoms with Gasteiger partial charge in [0.15, 0.2) is 12.6 Å². The summed E-state index contributed by atoms with van der Waals surface area (Å²) in [5, 5.41) is 78.5. The van der Waals surface area contributed by atoms with E-state index in [9.17, 15) is 40.5 Å². The summed E-state index contributed by atoms with van der Waals surface area (Å²) in [6.45, 7) is 0.634. The van der Waals surface area contributed by atoms with E-state index in [0.717, 1.165) is 0 Å². The van der Waals surface area contributed by atoms with Crippen LogP contribution in [-0.2, 0) is 23.7 Å². The van der Waals surface area contributed by atoms with Crippen molar-refractivity contribution in [1.29, 1.82) is 0 Å². The molecule has 0 bridgehead atoms. The van der Waals surface area contributed by atoms with E-state index in [1.165, 1.54) is 14.0 Å². The molecule has 3 rings (SSSR count). The van der Waals surface area contributed by atoms with Gasteiger partial charge in [0.25, 0.3) is 0 Å². The van der Waals surface area contributed by atoms with E-state index in [4.69, 9.17) is 36.1 Å². The Bertz CT molecular complexity index is 811. The summed E-state index contributed by atoms with van der Waals surface area (Å²) >= 11 is 0. The first-order valence-electron chi connectivity index (χ1n) is 12.8. The molecule has 1 saturated carbocycles. The highest BCUT2D eigenvalue weighted by molar-refractivity contribution is 5.81. The van der Waals surface area contributed by atoms with Gasteiger partial charge in [-0.05, 0) is 20.4 Å². The summed E-state index contributed by atoms with van der Waals surface area (Å²) in [7, 11) is 1.52. The zero-order valence-electron chi connectivity index (χ0n) is 21.8. The molecule has 0 spiro atoms. The average Bonchev–Trinajstić information content (AvgIpc) is 2.89. The molecule has 2 aliphatic heterocycles. The Morgan fingerprint density at radius 3 is 2.26 bits per heavy atom. The molecule has 3 aliphatic rings. The molecule has 15 N–H and O–H groups in total. The highest BCUT2D eigenvalue weighted by Crippen LogP contribution is 2.32. The molecular weight excluding hydrogens is 526 g/mol. The largest absolute Gasteiger partial charge is 0.388 e. The van der Waals surface area contributed by atoms with Crippen molar-refractivity contribution < 1.29 is 59.5 Å². The second kappa shape index (κ2) is 13.2. The summed E-state index contributed by atoms with van der Waals surface area (Å²) in [5.74, 6) is -0.857. The van der Waals surface area contributed by atoms with Crippen molar-refractivity contribution in [3.05, 3.63) is 0 Å². The monoisotopic (exact) mass is 569 g/mol. The van der Waals surface area contributed by atoms with Crippen molar-refractivity contribution in [1.82, 2.24) is 10.6 Å². The topological polar surface area (TPSA) is 298 Å². The maximum absolute atomic E-state index is 12.4. The maximum Gasteiger partial charge on any atom is 0.250 e. The zero-order valence-corrected chi connectivity index (χ0v) is 21.8. The van der Waals surface area contributed by atoms with Crippen molar-refractivity contribution in [3.8, 4) is 0 Å². The van der Waals surface area contributed by atoms with Crippen LogP contribution in [0.15, 0.2) is 0 Å². The minimum atomic E-state index is -1.72. The summed E-state index contributed by atoms with van der Waals surface area (Å²) in [6, 6.07) is -2.92. The third-order valence-corrected chi connectivity index (χ3v) is 7.50. The van der Waals surface area contributed by atoms with Gasteiger partial charge in [-0.15, -0.1) is 0 Å². The third-order valence-electron chi connectivity index (χ3n) is 7.50. The van der Waals surface area contributed by atoms with E-state index >= 15 is 0 Å². The van der Waals surface area contributed by atoms with Crippen LogP contribution in [0.3, 0.4) is 0 Å². The van der Waals surface area contributed by atoms with Crippen molar-refractivity contribution in [2.24, 2.45) is 17.2 Å². The fourth-order valence-electron chi connectivity index (χ4n) is 5.22. The minimum absolute atomic E-state index is 0.0836. The standard InChI is InChI=1S/C22H43N5O12/c1-22(35)6-36-20(15(33)18(22)26-2)39-17-8(27-19(34)9(28)4-23)3-7(25)16(14(17)32)38-21-13(31)12(30)11(29)10(5-24)37-21/h7-18,20-21,26,28-33,35H,3-6,23-25H2,1-2H3,(H,27,34)/t7-,8+,9-,10+,11+,12-,13+,14-,15+,16?,17-,18+,20+,21+,22-/m0/s1. The van der Waals surface area contributed by atoms with Crippen molar-refractivity contribution in [2.75, 3.05) is 26.7 Å². The summed E-state index contributed by atoms with van der Waals surface area (Å²) in [6.07, 6.45) is -16.3. The highest BCUT2D eigenvalue weighted by atomic mass is 16.7. The molecule has 1 unspecified atom stereocenters. The third kappa shape index (κ3) is 6.85. The number of hydrogen-bond acceptors (Lipinski definition) is 16. The molecule has 1 amide bonds. The average molecular weight is 570 g/mol. The Kier molecular flexibility index (Phi) is 11.0. The van der Waals surface area contributed by atoms with Crippen LogP contribution < -0.4 is 27.8 Å². The van der Waals surface area contributed by atoms with Gasteiger partial charge < -0.3 is 82.5 Å². The number of nitrogens with one attached hydrogen (secondary N) is 2. The second-order valence-electron chi connectivity index (χ2n) is 10.5. The fraction of sp³-hybridized carbons (Fsp3) is 0.955. The molecule has 3 fully saturated rings. The van der Waals surface area contributed by atoms with Crippen LogP contribution in [0.4, 0.5) is 0 Å². The van der Waals surface area contributed by atoms with Crippen LogP contribution in [0.25, 0.3) is 0 Å². The van der Waals surface area contributed by atoms with Crippen LogP contribution in [0.1, 0.15) is 13.3 Å². The van der Waals surface area contributed by atoms with Gasteiger partial charge in [-0.1, -0.05) is 0 Å². The second-order valence-corrected chi connectivity index (χ2v) is 10.5. The van der Waals surface area contributed by atoms with E-state index in [1.807, 2.05) is 0 Å². The number of carbonyl (C=O) groups excluding carboxylic acids is 1. The lowest BCUT2D eigenvalue weighted by molar-refractivity contribution is -0.330. The Morgan fingerprint density at radius 2 is 1.67 bits per heavy atom. The fourth-order valence-corrected chi connectivity index (χ4v) is 5.22. The molecule has 228 valence electrons. The van der Waals surface area contributed by atoms with Crippen molar-refractivity contribution in [3.63, 3.8) is 0 Å². The van der Waals surface area contributed by atoms with Gasteiger partial charge in [-0.25, -0.2) is 0 Å². The molecule has 0 aromatic carbocycles. The Labute approximate surface area is 225 Å². The molecule has 2 saturated heterocycles. The number of rotatable bonds is 9. The van der Waals surface area contributed by atoms with Crippen LogP contribution >= 0.6 is 0 Å². The minimum Gasteiger partial charge on any atom is -0.388 e. The number of aliphatic hydroxyl groups excluding tert-OH is 6. The zero-order chi connectivity index (χ0) is 29.2. The number of aliphatic hydroxyl groups is 7. The van der Waals surface area contributed by atoms with Gasteiger partial charge in [-0.2, -0.15) is 0 Å². The summed E-state index contributed by atoms with van der Waals surface area (Å²) < 4.78 is 22.7. The Balaban J connectivity index is 1.84. The number of likely N-dealkylation sites (N-methyl/N-ethyl adjacent to an activating group) is 1. The van der Waals surface area contributed by atoms with E-state index in [1.54, 1.807) is 0 Å². The molecule has 1 aliphatic carbocycles. The van der Waals surface area contributed by atoms with Crippen LogP contribution in [-0.4, -0.2) is 160 Å². The normalized spacial score (nSPS) is 47.9. The first kappa shape index (κ1) is 32.4. The Morgan fingerprint density at radius 1 is 1.03 bits per heavy atom. The quantitative estimate of drug-likeness (QED) is 0.123. The smallest absolute Gasteiger partial charge is 0.250 e. The number of nitrogens with two attached hydrogens (primary N) is 3. The van der Waals surface area contributed by atoms with E-state index < -0.39 is 97.1 Å². The summed E-state index contributed by atoms with van der Waals surface area (Å²) in [5.41, 5.74) is 15.8. The molecule has 15 atom stereocenters. The maximum atomic E-state index is 12.4. The molecule has 2 heterocycles. The predicted molar refractivity (Wildman–Crippen MR) is 130 cm³/mol. The van der Waals surface area contributed by atoms with E-state index in [2.05, 4.69) is 10.6 Å². The molecule has 0 aromatic heterocycles. The van der Waals surface area contributed by atoms with Crippen LogP contribution in [0, 0.1) is 0 Å². The highest BCUT2D eigenvalue weighted by Gasteiger charge is 2.53. The first-order chi connectivity index (χ1) is 18.3. The van der Waals surface area contributed by atoms with Crippen molar-refractivity contribution >= 4 is 5.91 Å². The van der Waals surface area contributed by atoms with Gasteiger partial charge >= 0.3 is 0 Å². The molecule has 17 heteroatoms. The van der Waals surface area contributed by atoms with Crippen molar-refractivity contribution in [2.45, 2.75) is 105 Å². The van der Waals surface area contributed by atoms with E-state index in [-0.39, 0.29) is 26.1 Å². The molecule has 17 nitrogen and oxygen atoms in total. The lowest BCUT2D eigenvalue weighted by Crippen LogP contribution is -2.70. The molecular formula is C22H43N5O12. The van der Waals surface area contributed by atoms with Crippen LogP contribution in [0.5, 0.6) is 0 Å². The molecule has 0 radical (unpaired) electrons. The van der Waals surface area contributed by atoms with Gasteiger partial charge in [0, 0.05) is 19.1 Å². The number of hydrogen-bond donors (Lipinski definition) is 12. The molecule has 39 heavy (non-hydrogen) atoms. The number of amides is 1. The number of carbonyl (C=O) groups is 1. The molecule has 0 aromatic rings. The van der Waals surface area contributed by atoms with Gasteiger partial charge in [0.2, 0.25) is 5.91 Å².